The molecule has 4 aromatic rings. The molecule has 2 heterocycles. The van der Waals surface area contributed by atoms with E-state index in [1.165, 1.54) is 3.97 Å². The number of nitrogens with zero attached hydrogens (tertiary/aromatic N) is 2. The highest BCUT2D eigenvalue weighted by molar-refractivity contribution is 7.84. The molecule has 27 heavy (non-hydrogen) atoms. The highest BCUT2D eigenvalue weighted by Crippen LogP contribution is 2.34. The van der Waals surface area contributed by atoms with Crippen LogP contribution in [0.25, 0.3) is 22.2 Å². The summed E-state index contributed by atoms with van der Waals surface area (Å²) in [5.41, 5.74) is 1.76. The molecule has 8 heteroatoms. The summed E-state index contributed by atoms with van der Waals surface area (Å²) in [5, 5.41) is 11.2. The molecule has 0 spiro atoms. The lowest BCUT2D eigenvalue weighted by Gasteiger charge is -2.12. The Morgan fingerprint density at radius 2 is 1.78 bits per heavy atom. The average molecular weight is 405 g/mol. The molecule has 1 N–H and O–H groups in total. The van der Waals surface area contributed by atoms with E-state index in [0.717, 1.165) is 6.07 Å². The lowest BCUT2D eigenvalue weighted by Crippen LogP contribution is -2.08. The molecule has 0 aliphatic rings. The Kier molecular flexibility index (Phi) is 4.41. The maximum Gasteiger partial charge on any atom is 0.169 e. The fraction of sp³-hybridized carbons (Fsp3) is 0. The third-order valence-electron chi connectivity index (χ3n) is 4.04. The van der Waals surface area contributed by atoms with Crippen LogP contribution in [0, 0.1) is 11.6 Å². The number of rotatable bonds is 3. The first-order valence-corrected chi connectivity index (χ1v) is 9.26. The predicted molar refractivity (Wildman–Crippen MR) is 100 cm³/mol. The molecular formula is C19H11ClF2N2O2S. The molecule has 1 atom stereocenters. The largest absolute Gasteiger partial charge is 0.504 e. The lowest BCUT2D eigenvalue weighted by atomic mass is 10.2. The van der Waals surface area contributed by atoms with Gasteiger partial charge in [-0.2, -0.15) is 0 Å². The molecule has 2 aromatic heterocycles. The summed E-state index contributed by atoms with van der Waals surface area (Å²) >= 11 is 6.06. The Balaban J connectivity index is 2.02. The topological polar surface area (TPSA) is 55.1 Å². The van der Waals surface area contributed by atoms with Crippen molar-refractivity contribution < 1.29 is 18.1 Å². The van der Waals surface area contributed by atoms with Crippen LogP contribution in [0.5, 0.6) is 5.75 Å². The molecule has 0 amide bonds. The van der Waals surface area contributed by atoms with Crippen molar-refractivity contribution in [2.45, 2.75) is 4.90 Å². The average Bonchev–Trinajstić information content (AvgIpc) is 3.03. The molecule has 136 valence electrons. The summed E-state index contributed by atoms with van der Waals surface area (Å²) in [6.07, 6.45) is 3.15. The van der Waals surface area contributed by atoms with Gasteiger partial charge in [-0.1, -0.05) is 11.6 Å². The van der Waals surface area contributed by atoms with Crippen LogP contribution in [-0.4, -0.2) is 18.3 Å². The minimum atomic E-state index is -2.12. The zero-order chi connectivity index (χ0) is 19.1. The van der Waals surface area contributed by atoms with Crippen LogP contribution in [0.4, 0.5) is 8.78 Å². The Morgan fingerprint density at radius 3 is 2.52 bits per heavy atom. The molecule has 4 rings (SSSR count). The van der Waals surface area contributed by atoms with Crippen LogP contribution in [0.15, 0.2) is 65.8 Å². The van der Waals surface area contributed by atoms with Crippen LogP contribution in [0.1, 0.15) is 0 Å². The SMILES string of the molecule is O=S(c1cc(F)cc(F)c1O)n1c(-c2ccncc2)cc2cc(Cl)ccc21. The van der Waals surface area contributed by atoms with Gasteiger partial charge in [-0.05, 0) is 42.5 Å². The maximum atomic E-state index is 13.8. The number of phenols is 1. The number of aromatic hydroxyl groups is 1. The van der Waals surface area contributed by atoms with Gasteiger partial charge in [0.1, 0.15) is 10.7 Å². The Hall–Kier alpha value is -2.77. The van der Waals surface area contributed by atoms with E-state index in [4.69, 9.17) is 11.6 Å². The summed E-state index contributed by atoms with van der Waals surface area (Å²) in [5.74, 6) is -2.96. The maximum absolute atomic E-state index is 13.8. The number of hydrogen-bond acceptors (Lipinski definition) is 3. The van der Waals surface area contributed by atoms with Gasteiger partial charge >= 0.3 is 0 Å². The molecule has 0 bridgehead atoms. The Morgan fingerprint density at radius 1 is 1.04 bits per heavy atom. The minimum Gasteiger partial charge on any atom is -0.504 e. The molecular weight excluding hydrogens is 394 g/mol. The van der Waals surface area contributed by atoms with E-state index < -0.39 is 28.4 Å². The van der Waals surface area contributed by atoms with E-state index in [1.807, 2.05) is 0 Å². The van der Waals surface area contributed by atoms with Gasteiger partial charge in [-0.15, -0.1) is 0 Å². The van der Waals surface area contributed by atoms with Gasteiger partial charge in [0.25, 0.3) is 0 Å². The summed E-state index contributed by atoms with van der Waals surface area (Å²) in [7, 11) is -2.12. The van der Waals surface area contributed by atoms with Crippen LogP contribution < -0.4 is 0 Å². The van der Waals surface area contributed by atoms with Gasteiger partial charge in [-0.3, -0.25) is 8.96 Å². The second kappa shape index (κ2) is 6.75. The number of phenolic OH excluding ortho intramolecular Hbond substituents is 1. The third kappa shape index (κ3) is 3.09. The highest BCUT2D eigenvalue weighted by atomic mass is 35.5. The van der Waals surface area contributed by atoms with Crippen molar-refractivity contribution in [2.24, 2.45) is 0 Å². The Labute approximate surface area is 160 Å². The van der Waals surface area contributed by atoms with E-state index in [9.17, 15) is 18.1 Å². The zero-order valence-corrected chi connectivity index (χ0v) is 15.1. The van der Waals surface area contributed by atoms with Gasteiger partial charge in [-0.25, -0.2) is 13.0 Å². The summed E-state index contributed by atoms with van der Waals surface area (Å²) in [6, 6.07) is 11.6. The number of hydrogen-bond donors (Lipinski definition) is 1. The quantitative estimate of drug-likeness (QED) is 0.527. The third-order valence-corrected chi connectivity index (χ3v) is 5.69. The molecule has 0 saturated heterocycles. The standard InChI is InChI=1S/C19H11ClF2N2O2S/c20-13-1-2-16-12(7-13)8-17(11-3-5-23-6-4-11)24(16)27(26)18-10-14(21)9-15(22)19(18)25/h1-10,25H. The van der Waals surface area contributed by atoms with Gasteiger partial charge < -0.3 is 5.11 Å². The van der Waals surface area contributed by atoms with E-state index in [2.05, 4.69) is 4.98 Å². The first-order chi connectivity index (χ1) is 13.0. The second-order valence-corrected chi connectivity index (χ2v) is 7.49. The van der Waals surface area contributed by atoms with E-state index in [0.29, 0.717) is 33.2 Å². The van der Waals surface area contributed by atoms with Crippen LogP contribution in [0.3, 0.4) is 0 Å². The fourth-order valence-electron chi connectivity index (χ4n) is 2.84. The first-order valence-electron chi connectivity index (χ1n) is 7.77. The summed E-state index contributed by atoms with van der Waals surface area (Å²) < 4.78 is 42.1. The number of halogens is 3. The van der Waals surface area contributed by atoms with Crippen molar-refractivity contribution in [1.82, 2.24) is 8.96 Å². The minimum absolute atomic E-state index is 0.366. The molecule has 0 fully saturated rings. The molecule has 0 aliphatic heterocycles. The number of fused-ring (bicyclic) bond motifs is 1. The van der Waals surface area contributed by atoms with Crippen molar-refractivity contribution in [3.05, 3.63) is 77.6 Å². The molecule has 2 aromatic carbocycles. The van der Waals surface area contributed by atoms with E-state index in [1.54, 1.807) is 48.8 Å². The number of aromatic nitrogens is 2. The van der Waals surface area contributed by atoms with Crippen molar-refractivity contribution >= 4 is 33.5 Å². The van der Waals surface area contributed by atoms with Gasteiger partial charge in [0.2, 0.25) is 0 Å². The molecule has 0 aliphatic carbocycles. The number of pyridine rings is 1. The smallest absolute Gasteiger partial charge is 0.169 e. The number of benzene rings is 2. The molecule has 0 saturated carbocycles. The second-order valence-electron chi connectivity index (χ2n) is 5.75. The fourth-order valence-corrected chi connectivity index (χ4v) is 4.37. The first kappa shape index (κ1) is 17.6. The van der Waals surface area contributed by atoms with Crippen molar-refractivity contribution in [2.75, 3.05) is 0 Å². The zero-order valence-electron chi connectivity index (χ0n) is 13.6. The molecule has 1 unspecified atom stereocenters. The Bertz CT molecular complexity index is 1200. The monoisotopic (exact) mass is 404 g/mol. The van der Waals surface area contributed by atoms with E-state index >= 15 is 0 Å². The van der Waals surface area contributed by atoms with Crippen molar-refractivity contribution in [1.29, 1.82) is 0 Å². The summed E-state index contributed by atoms with van der Waals surface area (Å²) in [6.45, 7) is 0. The van der Waals surface area contributed by atoms with Gasteiger partial charge in [0, 0.05) is 34.4 Å². The van der Waals surface area contributed by atoms with Gasteiger partial charge in [0.05, 0.1) is 11.2 Å². The van der Waals surface area contributed by atoms with E-state index in [-0.39, 0.29) is 4.90 Å². The lowest BCUT2D eigenvalue weighted by molar-refractivity contribution is 0.413. The van der Waals surface area contributed by atoms with Crippen LogP contribution in [0.2, 0.25) is 5.02 Å². The predicted octanol–water partition coefficient (Wildman–Crippen LogP) is 4.91. The molecule has 0 radical (unpaired) electrons. The van der Waals surface area contributed by atoms with Crippen LogP contribution >= 0.6 is 11.6 Å². The summed E-state index contributed by atoms with van der Waals surface area (Å²) in [4.78, 5) is 3.60. The van der Waals surface area contributed by atoms with Crippen molar-refractivity contribution in [3.63, 3.8) is 0 Å². The highest BCUT2D eigenvalue weighted by Gasteiger charge is 2.22. The van der Waals surface area contributed by atoms with Crippen molar-refractivity contribution in [3.8, 4) is 17.0 Å². The normalized spacial score (nSPS) is 12.4. The van der Waals surface area contributed by atoms with Gasteiger partial charge in [0.15, 0.2) is 22.6 Å². The van der Waals surface area contributed by atoms with Crippen LogP contribution in [-0.2, 0) is 11.0 Å². The molecule has 4 nitrogen and oxygen atoms in total.